The number of nitrogens with one attached hydrogen (secondary N) is 1. The van der Waals surface area contributed by atoms with Crippen LogP contribution in [0.1, 0.15) is 23.5 Å². The molecule has 0 amide bonds. The summed E-state index contributed by atoms with van der Waals surface area (Å²) < 4.78 is 0. The van der Waals surface area contributed by atoms with Crippen molar-refractivity contribution in [2.75, 3.05) is 17.6 Å². The molecule has 1 unspecified atom stereocenters. The zero-order chi connectivity index (χ0) is 13.9. The van der Waals surface area contributed by atoms with Crippen molar-refractivity contribution < 1.29 is 4.79 Å². The van der Waals surface area contributed by atoms with Crippen LogP contribution >= 0.6 is 0 Å². The number of ketones is 1. The van der Waals surface area contributed by atoms with Crippen LogP contribution in [0.4, 0.5) is 11.4 Å². The van der Waals surface area contributed by atoms with Gasteiger partial charge in [0.15, 0.2) is 0 Å². The van der Waals surface area contributed by atoms with Gasteiger partial charge in [-0.15, -0.1) is 0 Å². The van der Waals surface area contributed by atoms with E-state index in [1.54, 1.807) is 18.5 Å². The van der Waals surface area contributed by atoms with E-state index in [1.807, 2.05) is 24.3 Å². The topological polar surface area (TPSA) is 68.0 Å². The van der Waals surface area contributed by atoms with Gasteiger partial charge in [0, 0.05) is 48.2 Å². The second-order valence-electron chi connectivity index (χ2n) is 5.07. The van der Waals surface area contributed by atoms with Crippen LogP contribution in [-0.2, 0) is 11.2 Å². The van der Waals surface area contributed by atoms with Gasteiger partial charge >= 0.3 is 0 Å². The zero-order valence-corrected chi connectivity index (χ0v) is 11.2. The maximum absolute atomic E-state index is 12.6. The molecule has 1 atom stereocenters. The highest BCUT2D eigenvalue weighted by atomic mass is 16.1. The molecule has 0 saturated heterocycles. The molecule has 0 saturated carbocycles. The van der Waals surface area contributed by atoms with Gasteiger partial charge in [0.05, 0.1) is 0 Å². The Bertz CT molecular complexity index is 639. The largest absolute Gasteiger partial charge is 0.398 e. The maximum Gasteiger partial charge on any atom is 0.144 e. The van der Waals surface area contributed by atoms with Crippen molar-refractivity contribution in [2.45, 2.75) is 18.8 Å². The number of anilines is 2. The van der Waals surface area contributed by atoms with Gasteiger partial charge in [0.2, 0.25) is 0 Å². The molecular weight excluding hydrogens is 250 g/mol. The van der Waals surface area contributed by atoms with Crippen LogP contribution in [-0.4, -0.2) is 17.3 Å². The van der Waals surface area contributed by atoms with Crippen molar-refractivity contribution in [3.63, 3.8) is 0 Å². The molecular formula is C16H17N3O. The van der Waals surface area contributed by atoms with E-state index in [1.165, 1.54) is 0 Å². The minimum atomic E-state index is -0.0490. The van der Waals surface area contributed by atoms with Gasteiger partial charge in [-0.1, -0.05) is 18.2 Å². The molecule has 2 heterocycles. The van der Waals surface area contributed by atoms with Gasteiger partial charge in [0.1, 0.15) is 5.78 Å². The fourth-order valence-corrected chi connectivity index (χ4v) is 2.70. The summed E-state index contributed by atoms with van der Waals surface area (Å²) in [5.74, 6) is 0.158. The molecule has 1 aromatic heterocycles. The van der Waals surface area contributed by atoms with Gasteiger partial charge in [0.25, 0.3) is 0 Å². The van der Waals surface area contributed by atoms with Crippen molar-refractivity contribution in [3.8, 4) is 0 Å². The first-order valence-electron chi connectivity index (χ1n) is 6.79. The highest BCUT2D eigenvalue weighted by Crippen LogP contribution is 2.32. The molecule has 2 aromatic rings. The number of hydrogen-bond acceptors (Lipinski definition) is 4. The Labute approximate surface area is 118 Å². The maximum atomic E-state index is 12.6. The molecule has 0 aliphatic carbocycles. The Morgan fingerprint density at radius 1 is 1.35 bits per heavy atom. The van der Waals surface area contributed by atoms with Crippen LogP contribution in [0.15, 0.2) is 42.7 Å². The minimum absolute atomic E-state index is 0.0490. The quantitative estimate of drug-likeness (QED) is 0.896. The van der Waals surface area contributed by atoms with Crippen molar-refractivity contribution in [1.29, 1.82) is 0 Å². The van der Waals surface area contributed by atoms with Gasteiger partial charge in [-0.25, -0.2) is 0 Å². The van der Waals surface area contributed by atoms with Crippen LogP contribution < -0.4 is 11.1 Å². The van der Waals surface area contributed by atoms with Crippen molar-refractivity contribution in [2.24, 2.45) is 0 Å². The summed E-state index contributed by atoms with van der Waals surface area (Å²) in [6.45, 7) is 0.829. The molecule has 1 aliphatic heterocycles. The lowest BCUT2D eigenvalue weighted by molar-refractivity contribution is -0.120. The molecule has 0 radical (unpaired) electrons. The number of nitrogens with zero attached hydrogens (tertiary/aromatic N) is 1. The summed E-state index contributed by atoms with van der Waals surface area (Å²) in [6, 6.07) is 9.74. The van der Waals surface area contributed by atoms with Crippen LogP contribution in [0.25, 0.3) is 0 Å². The van der Waals surface area contributed by atoms with Gasteiger partial charge in [-0.2, -0.15) is 0 Å². The lowest BCUT2D eigenvalue weighted by Crippen LogP contribution is -2.24. The van der Waals surface area contributed by atoms with Crippen LogP contribution in [0.2, 0.25) is 0 Å². The number of para-hydroxylation sites is 1. The molecule has 4 heteroatoms. The van der Waals surface area contributed by atoms with Crippen LogP contribution in [0.3, 0.4) is 0 Å². The molecule has 0 bridgehead atoms. The van der Waals surface area contributed by atoms with E-state index in [2.05, 4.69) is 10.3 Å². The second kappa shape index (κ2) is 5.33. The molecule has 0 fully saturated rings. The lowest BCUT2D eigenvalue weighted by Gasteiger charge is -2.25. The van der Waals surface area contributed by atoms with Gasteiger partial charge in [-0.05, 0) is 24.1 Å². The minimum Gasteiger partial charge on any atom is -0.398 e. The third-order valence-corrected chi connectivity index (χ3v) is 3.78. The summed E-state index contributed by atoms with van der Waals surface area (Å²) >= 11 is 0. The number of pyridine rings is 1. The third kappa shape index (κ3) is 2.37. The first-order valence-corrected chi connectivity index (χ1v) is 6.79. The van der Waals surface area contributed by atoms with Crippen molar-refractivity contribution >= 4 is 17.2 Å². The number of aromatic nitrogens is 1. The van der Waals surface area contributed by atoms with Crippen LogP contribution in [0.5, 0.6) is 0 Å². The molecule has 1 aliphatic rings. The Hall–Kier alpha value is -2.36. The standard InChI is InChI=1S/C16H17N3O/c17-14-6-7-18-10-11(14)9-16(20)13-5-8-19-15-4-2-1-3-12(13)15/h1-4,6-7,10,13,19H,5,8-9H2,(H2,17,18). The number of carbonyl (C=O) groups excluding carboxylic acids is 1. The van der Waals surface area contributed by atoms with E-state index in [4.69, 9.17) is 5.73 Å². The average Bonchev–Trinajstić information content (AvgIpc) is 2.49. The number of benzene rings is 1. The normalized spacial score (nSPS) is 17.1. The Morgan fingerprint density at radius 3 is 3.05 bits per heavy atom. The predicted molar refractivity (Wildman–Crippen MR) is 79.7 cm³/mol. The number of hydrogen-bond donors (Lipinski definition) is 2. The molecule has 3 rings (SSSR count). The molecule has 0 spiro atoms. The second-order valence-corrected chi connectivity index (χ2v) is 5.07. The molecule has 4 nitrogen and oxygen atoms in total. The number of fused-ring (bicyclic) bond motifs is 1. The summed E-state index contributed by atoms with van der Waals surface area (Å²) in [6.07, 6.45) is 4.50. The highest BCUT2D eigenvalue weighted by molar-refractivity contribution is 5.90. The van der Waals surface area contributed by atoms with Crippen molar-refractivity contribution in [3.05, 3.63) is 53.9 Å². The monoisotopic (exact) mass is 267 g/mol. The van der Waals surface area contributed by atoms with E-state index in [0.717, 1.165) is 29.8 Å². The first-order chi connectivity index (χ1) is 9.75. The zero-order valence-electron chi connectivity index (χ0n) is 11.2. The fourth-order valence-electron chi connectivity index (χ4n) is 2.70. The summed E-state index contributed by atoms with van der Waals surface area (Å²) in [7, 11) is 0. The molecule has 20 heavy (non-hydrogen) atoms. The summed E-state index contributed by atoms with van der Waals surface area (Å²) in [4.78, 5) is 16.6. The number of Topliss-reactive ketones (excluding diaryl/α,β-unsaturated/α-hetero) is 1. The van der Waals surface area contributed by atoms with E-state index >= 15 is 0 Å². The lowest BCUT2D eigenvalue weighted by atomic mass is 9.85. The SMILES string of the molecule is Nc1ccncc1CC(=O)C1CCNc2ccccc21. The first kappa shape index (κ1) is 12.7. The van der Waals surface area contributed by atoms with Crippen LogP contribution in [0, 0.1) is 0 Å². The number of carbonyl (C=O) groups is 1. The Kier molecular flexibility index (Phi) is 3.37. The number of rotatable bonds is 3. The molecule has 102 valence electrons. The van der Waals surface area contributed by atoms with Crippen molar-refractivity contribution in [1.82, 2.24) is 4.98 Å². The predicted octanol–water partition coefficient (Wildman–Crippen LogP) is 2.37. The molecule has 1 aromatic carbocycles. The third-order valence-electron chi connectivity index (χ3n) is 3.78. The van der Waals surface area contributed by atoms with E-state index in [0.29, 0.717) is 12.1 Å². The van der Waals surface area contributed by atoms with E-state index < -0.39 is 0 Å². The van der Waals surface area contributed by atoms with Gasteiger partial charge < -0.3 is 11.1 Å². The highest BCUT2D eigenvalue weighted by Gasteiger charge is 2.26. The fraction of sp³-hybridized carbons (Fsp3) is 0.250. The average molecular weight is 267 g/mol. The van der Waals surface area contributed by atoms with E-state index in [-0.39, 0.29) is 11.7 Å². The van der Waals surface area contributed by atoms with Gasteiger partial charge in [-0.3, -0.25) is 9.78 Å². The smallest absolute Gasteiger partial charge is 0.144 e. The summed E-state index contributed by atoms with van der Waals surface area (Å²) in [5.41, 5.74) is 9.49. The number of nitrogens with two attached hydrogens (primary N) is 1. The molecule has 3 N–H and O–H groups in total. The summed E-state index contributed by atoms with van der Waals surface area (Å²) in [5, 5.41) is 3.33. The number of nitrogen functional groups attached to an aromatic ring is 1. The van der Waals surface area contributed by atoms with E-state index in [9.17, 15) is 4.79 Å². The Morgan fingerprint density at radius 2 is 2.20 bits per heavy atom. The Balaban J connectivity index is 1.84.